The van der Waals surface area contributed by atoms with Crippen molar-refractivity contribution in [2.24, 2.45) is 4.99 Å². The summed E-state index contributed by atoms with van der Waals surface area (Å²) in [5.74, 6) is 1.59. The van der Waals surface area contributed by atoms with E-state index < -0.39 is 0 Å². The topological polar surface area (TPSA) is 76.0 Å². The van der Waals surface area contributed by atoms with E-state index >= 15 is 0 Å². The van der Waals surface area contributed by atoms with Gasteiger partial charge in [-0.25, -0.2) is 9.98 Å². The summed E-state index contributed by atoms with van der Waals surface area (Å²) < 4.78 is 10.9. The summed E-state index contributed by atoms with van der Waals surface area (Å²) >= 11 is 1.55. The van der Waals surface area contributed by atoms with Crippen molar-refractivity contribution in [2.75, 3.05) is 6.79 Å². The molecular weight excluding hydrogens is 345 g/mol. The maximum atomic E-state index is 8.59. The van der Waals surface area contributed by atoms with Crippen LogP contribution in [-0.4, -0.2) is 23.3 Å². The molecule has 4 rings (SSSR count). The Morgan fingerprint density at radius 3 is 2.91 bits per heavy atom. The van der Waals surface area contributed by atoms with E-state index in [2.05, 4.69) is 16.0 Å². The van der Waals surface area contributed by atoms with Crippen molar-refractivity contribution in [2.45, 2.75) is 19.3 Å². The summed E-state index contributed by atoms with van der Waals surface area (Å²) in [7, 11) is 0. The molecule has 22 heavy (non-hydrogen) atoms. The number of fused-ring (bicyclic) bond motifs is 4. The molecule has 2 aliphatic rings. The predicted octanol–water partition coefficient (Wildman–Crippen LogP) is 2.66. The van der Waals surface area contributed by atoms with Crippen molar-refractivity contribution < 1.29 is 31.7 Å². The fourth-order valence-corrected chi connectivity index (χ4v) is 3.67. The van der Waals surface area contributed by atoms with Gasteiger partial charge in [-0.3, -0.25) is 10.7 Å². The predicted molar refractivity (Wildman–Crippen MR) is 78.8 cm³/mol. The fourth-order valence-electron chi connectivity index (χ4n) is 2.71. The van der Waals surface area contributed by atoms with Crippen LogP contribution in [0.1, 0.15) is 16.9 Å². The molecule has 0 amide bonds. The summed E-state index contributed by atoms with van der Waals surface area (Å²) in [5, 5.41) is 9.22. The minimum Gasteiger partial charge on any atom is -0.454 e. The van der Waals surface area contributed by atoms with Gasteiger partial charge in [0.1, 0.15) is 6.34 Å². The van der Waals surface area contributed by atoms with Crippen molar-refractivity contribution in [3.63, 3.8) is 0 Å². The molecule has 0 atom stereocenters. The summed E-state index contributed by atoms with van der Waals surface area (Å²) in [6.45, 7) is 0.278. The molecular formula is C14H13MnN3O3S+2. The molecule has 1 aliphatic heterocycles. The van der Waals surface area contributed by atoms with E-state index in [1.807, 2.05) is 11.5 Å². The largest absolute Gasteiger partial charge is 2.00 e. The minimum atomic E-state index is 0. The summed E-state index contributed by atoms with van der Waals surface area (Å²) in [5.41, 5.74) is 5.20. The number of nitrogens with one attached hydrogen (secondary N) is 1. The average Bonchev–Trinajstić information content (AvgIpc) is 3.07. The zero-order valence-electron chi connectivity index (χ0n) is 11.5. The van der Waals surface area contributed by atoms with Gasteiger partial charge in [0.15, 0.2) is 11.5 Å². The maximum absolute atomic E-state index is 8.59. The van der Waals surface area contributed by atoms with Crippen molar-refractivity contribution in [1.82, 2.24) is 10.5 Å². The second-order valence-corrected chi connectivity index (χ2v) is 5.93. The first-order chi connectivity index (χ1) is 10.3. The van der Waals surface area contributed by atoms with Gasteiger partial charge in [-0.05, 0) is 37.0 Å². The smallest absolute Gasteiger partial charge is 0.454 e. The van der Waals surface area contributed by atoms with Crippen molar-refractivity contribution in [1.29, 1.82) is 0 Å². The first kappa shape index (κ1) is 15.3. The van der Waals surface area contributed by atoms with Gasteiger partial charge >= 0.3 is 17.1 Å². The van der Waals surface area contributed by atoms with Gasteiger partial charge in [-0.2, -0.15) is 0 Å². The Morgan fingerprint density at radius 2 is 2.09 bits per heavy atom. The molecule has 1 aromatic heterocycles. The Hall–Kier alpha value is -1.60. The third-order valence-corrected chi connectivity index (χ3v) is 4.65. The zero-order chi connectivity index (χ0) is 14.2. The Kier molecular flexibility index (Phi) is 4.35. The molecule has 0 saturated carbocycles. The third kappa shape index (κ3) is 2.59. The molecule has 6 nitrogen and oxygen atoms in total. The van der Waals surface area contributed by atoms with Gasteiger partial charge in [0.2, 0.25) is 11.9 Å². The van der Waals surface area contributed by atoms with Gasteiger partial charge < -0.3 is 9.47 Å². The molecule has 2 aromatic rings. The van der Waals surface area contributed by atoms with Gasteiger partial charge in [0.25, 0.3) is 0 Å². The van der Waals surface area contributed by atoms with Gasteiger partial charge in [0, 0.05) is 10.4 Å². The summed E-state index contributed by atoms with van der Waals surface area (Å²) in [6.07, 6.45) is 4.28. The number of aromatic nitrogens is 1. The van der Waals surface area contributed by atoms with Gasteiger partial charge in [-0.15, -0.1) is 0 Å². The first-order valence-corrected chi connectivity index (χ1v) is 7.51. The molecule has 0 bridgehead atoms. The van der Waals surface area contributed by atoms with Crippen molar-refractivity contribution in [3.05, 3.63) is 22.6 Å². The van der Waals surface area contributed by atoms with E-state index in [1.165, 1.54) is 16.8 Å². The number of rotatable bonds is 2. The Bertz CT molecular complexity index is 732. The van der Waals surface area contributed by atoms with Crippen LogP contribution in [0.5, 0.6) is 11.5 Å². The molecule has 0 fully saturated rings. The minimum absolute atomic E-state index is 0. The van der Waals surface area contributed by atoms with E-state index in [-0.39, 0.29) is 23.9 Å². The summed E-state index contributed by atoms with van der Waals surface area (Å²) in [4.78, 5) is 9.88. The van der Waals surface area contributed by atoms with E-state index in [9.17, 15) is 0 Å². The number of hydrogen-bond donors (Lipinski definition) is 2. The van der Waals surface area contributed by atoms with Gasteiger partial charge in [0.05, 0.1) is 5.69 Å². The number of aryl methyl sites for hydroxylation is 2. The second kappa shape index (κ2) is 6.26. The van der Waals surface area contributed by atoms with Crippen LogP contribution < -0.4 is 15.0 Å². The molecule has 2 heterocycles. The molecule has 0 unspecified atom stereocenters. The molecule has 0 spiro atoms. The molecule has 1 radical (unpaired) electrons. The third-order valence-electron chi connectivity index (χ3n) is 3.62. The molecule has 8 heteroatoms. The van der Waals surface area contributed by atoms with Crippen molar-refractivity contribution in [3.8, 4) is 22.8 Å². The normalized spacial score (nSPS) is 15.0. The number of nitrogens with zero attached hydrogens (tertiary/aromatic N) is 2. The van der Waals surface area contributed by atoms with Crippen LogP contribution in [0.4, 0.5) is 5.13 Å². The average molecular weight is 358 g/mol. The Morgan fingerprint density at radius 1 is 1.27 bits per heavy atom. The number of hydroxylamine groups is 1. The number of hydrogen-bond acceptors (Lipinski definition) is 6. The molecule has 1 aromatic carbocycles. The molecule has 1 aliphatic carbocycles. The molecule has 113 valence electrons. The van der Waals surface area contributed by atoms with Crippen LogP contribution >= 0.6 is 11.3 Å². The SMILES string of the molecule is ON/C=N\c1nc2c(s1)CCCc1cc3c(cc1-2)OCO3.[Mn+2]. The van der Waals surface area contributed by atoms with E-state index in [0.717, 1.165) is 42.0 Å². The second-order valence-electron chi connectivity index (χ2n) is 4.87. The molecule has 0 saturated heterocycles. The van der Waals surface area contributed by atoms with Crippen LogP contribution in [0.2, 0.25) is 0 Å². The number of aliphatic imine (C=N–C) groups is 1. The molecule has 2 N–H and O–H groups in total. The monoisotopic (exact) mass is 358 g/mol. The number of thiazole rings is 1. The first-order valence-electron chi connectivity index (χ1n) is 6.70. The van der Waals surface area contributed by atoms with Crippen LogP contribution in [0.3, 0.4) is 0 Å². The van der Waals surface area contributed by atoms with Crippen LogP contribution in [0.15, 0.2) is 17.1 Å². The Balaban J connectivity index is 0.00000144. The number of benzene rings is 1. The van der Waals surface area contributed by atoms with E-state index in [1.54, 1.807) is 11.3 Å². The number of ether oxygens (including phenoxy) is 2. The van der Waals surface area contributed by atoms with E-state index in [4.69, 9.17) is 14.7 Å². The fraction of sp³-hybridized carbons (Fsp3) is 0.286. The zero-order valence-corrected chi connectivity index (χ0v) is 13.5. The van der Waals surface area contributed by atoms with Crippen LogP contribution in [0, 0.1) is 0 Å². The van der Waals surface area contributed by atoms with Crippen LogP contribution in [0.25, 0.3) is 11.3 Å². The van der Waals surface area contributed by atoms with Crippen molar-refractivity contribution >= 4 is 22.8 Å². The van der Waals surface area contributed by atoms with Gasteiger partial charge in [-0.1, -0.05) is 11.3 Å². The standard InChI is InChI=1S/C14H13N3O3S.Mn/c18-16-6-15-14-17-13-9-5-11-10(19-7-20-11)4-8(9)2-1-3-12(13)21-14;/h4-6,18H,1-3,7H2,(H,15,16,17);/q;+2. The summed E-state index contributed by atoms with van der Waals surface area (Å²) in [6, 6.07) is 4.07. The van der Waals surface area contributed by atoms with E-state index in [0.29, 0.717) is 5.13 Å². The quantitative estimate of drug-likeness (QED) is 0.374. The Labute approximate surface area is 141 Å². The maximum Gasteiger partial charge on any atom is 2.00 e. The van der Waals surface area contributed by atoms with Crippen LogP contribution in [-0.2, 0) is 29.9 Å².